The second kappa shape index (κ2) is 4.79. The van der Waals surface area contributed by atoms with E-state index >= 15 is 0 Å². The highest BCUT2D eigenvalue weighted by atomic mass is 32.2. The summed E-state index contributed by atoms with van der Waals surface area (Å²) < 4.78 is 27.5. The van der Waals surface area contributed by atoms with Gasteiger partial charge in [0.1, 0.15) is 15.6 Å². The number of nitrogens with one attached hydrogen (secondary N) is 1. The molecule has 1 N–H and O–H groups in total. The topological polar surface area (TPSA) is 59.2 Å². The number of rotatable bonds is 5. The Labute approximate surface area is 101 Å². The Kier molecular flexibility index (Phi) is 3.38. The molecule has 1 aromatic carbocycles. The maximum absolute atomic E-state index is 11.0. The summed E-state index contributed by atoms with van der Waals surface area (Å²) in [6, 6.07) is 7.71. The molecule has 2 rings (SSSR count). The lowest BCUT2D eigenvalue weighted by Crippen LogP contribution is -2.08. The summed E-state index contributed by atoms with van der Waals surface area (Å²) in [4.78, 5) is 3.10. The van der Waals surface area contributed by atoms with Crippen LogP contribution in [-0.4, -0.2) is 32.0 Å². The number of ether oxygens (including phenoxy) is 1. The van der Waals surface area contributed by atoms with Gasteiger partial charge in [-0.1, -0.05) is 6.07 Å². The van der Waals surface area contributed by atoms with Crippen molar-refractivity contribution in [1.29, 1.82) is 0 Å². The first-order chi connectivity index (χ1) is 8.06. The zero-order valence-corrected chi connectivity index (χ0v) is 10.5. The van der Waals surface area contributed by atoms with Gasteiger partial charge < -0.3 is 9.72 Å². The summed E-state index contributed by atoms with van der Waals surface area (Å²) in [6.45, 7) is 0.414. The Morgan fingerprint density at radius 2 is 2.12 bits per heavy atom. The lowest BCUT2D eigenvalue weighted by molar-refractivity contribution is 0.321. The van der Waals surface area contributed by atoms with Gasteiger partial charge in [-0.2, -0.15) is 0 Å². The van der Waals surface area contributed by atoms with Gasteiger partial charge in [0.05, 0.1) is 12.4 Å². The molecule has 2 aromatic rings. The number of benzene rings is 1. The number of hydrogen-bond donors (Lipinski definition) is 1. The van der Waals surface area contributed by atoms with Crippen molar-refractivity contribution >= 4 is 20.7 Å². The lowest BCUT2D eigenvalue weighted by atomic mass is 10.2. The third kappa shape index (κ3) is 3.23. The SMILES string of the molecule is CS(=O)(=O)CCCOc1cccc2[nH]ccc12. The van der Waals surface area contributed by atoms with Crippen LogP contribution in [-0.2, 0) is 9.84 Å². The molecule has 0 radical (unpaired) electrons. The van der Waals surface area contributed by atoms with Crippen LogP contribution in [0.5, 0.6) is 5.75 Å². The number of fused-ring (bicyclic) bond motifs is 1. The maximum atomic E-state index is 11.0. The molecule has 92 valence electrons. The van der Waals surface area contributed by atoms with E-state index in [9.17, 15) is 8.42 Å². The van der Waals surface area contributed by atoms with Gasteiger partial charge in [-0.25, -0.2) is 8.42 Å². The average Bonchev–Trinajstić information content (AvgIpc) is 2.71. The minimum absolute atomic E-state index is 0.163. The predicted octanol–water partition coefficient (Wildman–Crippen LogP) is 1.98. The molecule has 17 heavy (non-hydrogen) atoms. The van der Waals surface area contributed by atoms with Crippen LogP contribution < -0.4 is 4.74 Å². The van der Waals surface area contributed by atoms with E-state index in [1.165, 1.54) is 6.26 Å². The van der Waals surface area contributed by atoms with E-state index in [4.69, 9.17) is 4.74 Å². The quantitative estimate of drug-likeness (QED) is 0.829. The van der Waals surface area contributed by atoms with Crippen molar-refractivity contribution in [2.75, 3.05) is 18.6 Å². The van der Waals surface area contributed by atoms with Gasteiger partial charge in [0.2, 0.25) is 0 Å². The molecule has 4 nitrogen and oxygen atoms in total. The molecule has 1 heterocycles. The highest BCUT2D eigenvalue weighted by Gasteiger charge is 2.04. The van der Waals surface area contributed by atoms with Gasteiger partial charge in [-0.05, 0) is 24.6 Å². The fraction of sp³-hybridized carbons (Fsp3) is 0.333. The first-order valence-electron chi connectivity index (χ1n) is 5.43. The lowest BCUT2D eigenvalue weighted by Gasteiger charge is -2.06. The summed E-state index contributed by atoms with van der Waals surface area (Å²) in [7, 11) is -2.90. The fourth-order valence-corrected chi connectivity index (χ4v) is 2.33. The monoisotopic (exact) mass is 253 g/mol. The van der Waals surface area contributed by atoms with E-state index in [-0.39, 0.29) is 5.75 Å². The smallest absolute Gasteiger partial charge is 0.147 e. The normalized spacial score (nSPS) is 11.8. The molecule has 5 heteroatoms. The summed E-state index contributed by atoms with van der Waals surface area (Å²) in [5, 5.41) is 1.02. The molecule has 0 fully saturated rings. The molecule has 0 saturated carbocycles. The summed E-state index contributed by atoms with van der Waals surface area (Å²) >= 11 is 0. The van der Waals surface area contributed by atoms with E-state index < -0.39 is 9.84 Å². The van der Waals surface area contributed by atoms with E-state index in [2.05, 4.69) is 4.98 Å². The van der Waals surface area contributed by atoms with Gasteiger partial charge in [0.25, 0.3) is 0 Å². The van der Waals surface area contributed by atoms with E-state index in [0.29, 0.717) is 13.0 Å². The van der Waals surface area contributed by atoms with Crippen LogP contribution in [0.4, 0.5) is 0 Å². The summed E-state index contributed by atoms with van der Waals surface area (Å²) in [5.41, 5.74) is 1.02. The minimum atomic E-state index is -2.90. The first-order valence-corrected chi connectivity index (χ1v) is 7.49. The van der Waals surface area contributed by atoms with Crippen LogP contribution in [0.2, 0.25) is 0 Å². The second-order valence-electron chi connectivity index (χ2n) is 4.03. The van der Waals surface area contributed by atoms with Crippen molar-refractivity contribution in [2.45, 2.75) is 6.42 Å². The number of aromatic amines is 1. The van der Waals surface area contributed by atoms with Gasteiger partial charge in [-0.3, -0.25) is 0 Å². The Balaban J connectivity index is 1.97. The summed E-state index contributed by atoms with van der Waals surface area (Å²) in [6.07, 6.45) is 3.60. The van der Waals surface area contributed by atoms with Crippen LogP contribution in [0.15, 0.2) is 30.5 Å². The minimum Gasteiger partial charge on any atom is -0.493 e. The second-order valence-corrected chi connectivity index (χ2v) is 6.29. The molecule has 0 spiro atoms. The molecular weight excluding hydrogens is 238 g/mol. The van der Waals surface area contributed by atoms with Crippen LogP contribution in [0.25, 0.3) is 10.9 Å². The predicted molar refractivity (Wildman–Crippen MR) is 68.1 cm³/mol. The Morgan fingerprint density at radius 1 is 1.29 bits per heavy atom. The van der Waals surface area contributed by atoms with Crippen molar-refractivity contribution in [3.05, 3.63) is 30.5 Å². The highest BCUT2D eigenvalue weighted by Crippen LogP contribution is 2.24. The van der Waals surface area contributed by atoms with Crippen LogP contribution in [0.1, 0.15) is 6.42 Å². The molecule has 0 unspecified atom stereocenters. The van der Waals surface area contributed by atoms with Gasteiger partial charge in [-0.15, -0.1) is 0 Å². The number of aromatic nitrogens is 1. The van der Waals surface area contributed by atoms with Gasteiger partial charge in [0.15, 0.2) is 0 Å². The van der Waals surface area contributed by atoms with Crippen LogP contribution >= 0.6 is 0 Å². The Bertz CT molecular complexity index is 601. The third-order valence-electron chi connectivity index (χ3n) is 2.47. The zero-order chi connectivity index (χ0) is 12.3. The van der Waals surface area contributed by atoms with Crippen LogP contribution in [0, 0.1) is 0 Å². The van der Waals surface area contributed by atoms with E-state index in [1.807, 2.05) is 30.5 Å². The summed E-state index contributed by atoms with van der Waals surface area (Å²) in [5.74, 6) is 0.952. The number of hydrogen-bond acceptors (Lipinski definition) is 3. The molecule has 0 aliphatic heterocycles. The Morgan fingerprint density at radius 3 is 2.88 bits per heavy atom. The van der Waals surface area contributed by atoms with Gasteiger partial charge >= 0.3 is 0 Å². The molecule has 0 atom stereocenters. The average molecular weight is 253 g/mol. The molecular formula is C12H15NO3S. The molecule has 0 saturated heterocycles. The molecule has 0 aliphatic carbocycles. The molecule has 0 bridgehead atoms. The standard InChI is InChI=1S/C12H15NO3S/c1-17(14,15)9-3-8-16-12-5-2-4-11-10(12)6-7-13-11/h2,4-7,13H,3,8-9H2,1H3. The van der Waals surface area contributed by atoms with E-state index in [0.717, 1.165) is 16.7 Å². The fourth-order valence-electron chi connectivity index (χ4n) is 1.69. The number of sulfone groups is 1. The van der Waals surface area contributed by atoms with Crippen LogP contribution in [0.3, 0.4) is 0 Å². The zero-order valence-electron chi connectivity index (χ0n) is 9.64. The maximum Gasteiger partial charge on any atom is 0.147 e. The van der Waals surface area contributed by atoms with Crippen molar-refractivity contribution < 1.29 is 13.2 Å². The first kappa shape index (κ1) is 12.0. The highest BCUT2D eigenvalue weighted by molar-refractivity contribution is 7.90. The third-order valence-corrected chi connectivity index (χ3v) is 3.50. The molecule has 1 aromatic heterocycles. The van der Waals surface area contributed by atoms with E-state index in [1.54, 1.807) is 0 Å². The number of H-pyrrole nitrogens is 1. The van der Waals surface area contributed by atoms with Gasteiger partial charge in [0, 0.05) is 23.4 Å². The molecule has 0 aliphatic rings. The molecule has 0 amide bonds. The van der Waals surface area contributed by atoms with Crippen molar-refractivity contribution in [1.82, 2.24) is 4.98 Å². The largest absolute Gasteiger partial charge is 0.493 e. The Hall–Kier alpha value is -1.49. The van der Waals surface area contributed by atoms with Crippen molar-refractivity contribution in [3.63, 3.8) is 0 Å². The van der Waals surface area contributed by atoms with Crippen molar-refractivity contribution in [2.24, 2.45) is 0 Å². The van der Waals surface area contributed by atoms with Crippen molar-refractivity contribution in [3.8, 4) is 5.75 Å².